The fraction of sp³-hybridized carbons (Fsp3) is 0.357. The quantitative estimate of drug-likeness (QED) is 0.166. The van der Waals surface area contributed by atoms with Crippen molar-refractivity contribution in [3.8, 4) is 11.5 Å². The number of amides is 4. The SMILES string of the molecule is COc1cc(Br)cc([C@H]2C3=CC[C@@H]4C(=O)N(c5ccc([N+](=O)[O-])cc5)C(=O)[C@@H]4[C@@H]3C[C@@]3(Cl)C(=O)N(C)C(=O)[C@@]23Cl)c1O. The third-order valence-corrected chi connectivity index (χ3v) is 10.8. The summed E-state index contributed by atoms with van der Waals surface area (Å²) in [5.41, 5.74) is 0.638. The fourth-order valence-electron chi connectivity index (χ4n) is 7.04. The number of aromatic hydroxyl groups is 1. The molecule has 2 aliphatic heterocycles. The summed E-state index contributed by atoms with van der Waals surface area (Å²) in [5, 5.41) is 22.4. The topological polar surface area (TPSA) is 147 Å². The molecule has 2 heterocycles. The van der Waals surface area contributed by atoms with E-state index in [1.165, 1.54) is 44.5 Å². The molecule has 3 fully saturated rings. The van der Waals surface area contributed by atoms with Crippen LogP contribution in [0.5, 0.6) is 11.5 Å². The predicted octanol–water partition coefficient (Wildman–Crippen LogP) is 4.26. The van der Waals surface area contributed by atoms with Crippen molar-refractivity contribution >= 4 is 74.1 Å². The number of non-ortho nitro benzene ring substituents is 1. The van der Waals surface area contributed by atoms with Crippen molar-refractivity contribution in [3.63, 3.8) is 0 Å². The highest BCUT2D eigenvalue weighted by molar-refractivity contribution is 9.10. The number of ether oxygens (including phenoxy) is 1. The van der Waals surface area contributed by atoms with Crippen molar-refractivity contribution in [3.05, 3.63) is 68.2 Å². The first-order valence-corrected chi connectivity index (χ1v) is 14.4. The number of hydrogen-bond donors (Lipinski definition) is 1. The summed E-state index contributed by atoms with van der Waals surface area (Å²) < 4.78 is 5.82. The molecule has 2 aromatic carbocycles. The number of methoxy groups -OCH3 is 1. The van der Waals surface area contributed by atoms with Crippen LogP contribution in [-0.2, 0) is 19.2 Å². The Kier molecular flexibility index (Phi) is 6.49. The van der Waals surface area contributed by atoms with E-state index in [9.17, 15) is 34.4 Å². The Balaban J connectivity index is 1.52. The minimum atomic E-state index is -2.07. The molecule has 0 bridgehead atoms. The molecule has 2 saturated heterocycles. The molecule has 11 nitrogen and oxygen atoms in total. The minimum absolute atomic E-state index is 0.0813. The number of imide groups is 2. The number of carbonyl (C=O) groups is 4. The lowest BCUT2D eigenvalue weighted by atomic mass is 9.56. The second kappa shape index (κ2) is 9.51. The molecule has 42 heavy (non-hydrogen) atoms. The first-order chi connectivity index (χ1) is 19.8. The molecular formula is C28H22BrCl2N3O8. The van der Waals surface area contributed by atoms with E-state index in [0.717, 1.165) is 9.80 Å². The molecule has 1 N–H and O–H groups in total. The number of hydrogen-bond acceptors (Lipinski definition) is 8. The number of rotatable bonds is 4. The van der Waals surface area contributed by atoms with Crippen LogP contribution in [0.3, 0.4) is 0 Å². The van der Waals surface area contributed by atoms with Gasteiger partial charge in [0.15, 0.2) is 21.2 Å². The average molecular weight is 679 g/mol. The van der Waals surface area contributed by atoms with Crippen LogP contribution >= 0.6 is 39.1 Å². The minimum Gasteiger partial charge on any atom is -0.504 e. The van der Waals surface area contributed by atoms with Gasteiger partial charge in [-0.05, 0) is 43.0 Å². The Labute approximate surface area is 257 Å². The van der Waals surface area contributed by atoms with Gasteiger partial charge in [-0.3, -0.25) is 39.1 Å². The number of nitrogens with zero attached hydrogens (tertiary/aromatic N) is 3. The highest BCUT2D eigenvalue weighted by Crippen LogP contribution is 2.66. The lowest BCUT2D eigenvalue weighted by Gasteiger charge is -2.50. The van der Waals surface area contributed by atoms with Crippen molar-refractivity contribution in [2.24, 2.45) is 17.8 Å². The largest absolute Gasteiger partial charge is 0.504 e. The molecule has 0 spiro atoms. The molecule has 6 atom stereocenters. The van der Waals surface area contributed by atoms with Gasteiger partial charge in [-0.15, -0.1) is 23.2 Å². The number of phenolic OH excluding ortho intramolecular Hbond substituents is 1. The van der Waals surface area contributed by atoms with Gasteiger partial charge in [-0.25, -0.2) is 0 Å². The van der Waals surface area contributed by atoms with E-state index in [4.69, 9.17) is 27.9 Å². The summed E-state index contributed by atoms with van der Waals surface area (Å²) in [6.45, 7) is 0. The van der Waals surface area contributed by atoms with Crippen molar-refractivity contribution < 1.29 is 33.9 Å². The Morgan fingerprint density at radius 1 is 1.07 bits per heavy atom. The highest BCUT2D eigenvalue weighted by atomic mass is 79.9. The number of benzene rings is 2. The summed E-state index contributed by atoms with van der Waals surface area (Å²) in [4.78, 5) is 63.2. The van der Waals surface area contributed by atoms with Crippen LogP contribution < -0.4 is 9.64 Å². The third-order valence-electron chi connectivity index (χ3n) is 8.93. The normalized spacial score (nSPS) is 32.0. The Bertz CT molecular complexity index is 1650. The van der Waals surface area contributed by atoms with Gasteiger partial charge in [0.1, 0.15) is 0 Å². The summed E-state index contributed by atoms with van der Waals surface area (Å²) in [6, 6.07) is 8.15. The zero-order valence-electron chi connectivity index (χ0n) is 22.0. The number of nitro groups is 1. The molecule has 2 aliphatic carbocycles. The smallest absolute Gasteiger partial charge is 0.269 e. The van der Waals surface area contributed by atoms with Gasteiger partial charge in [0.25, 0.3) is 17.5 Å². The lowest BCUT2D eigenvalue weighted by Crippen LogP contribution is -2.60. The highest BCUT2D eigenvalue weighted by Gasteiger charge is 2.76. The monoisotopic (exact) mass is 677 g/mol. The molecule has 2 aromatic rings. The molecule has 218 valence electrons. The van der Waals surface area contributed by atoms with E-state index in [2.05, 4.69) is 15.9 Å². The van der Waals surface area contributed by atoms with Gasteiger partial charge in [-0.1, -0.05) is 27.6 Å². The number of halogens is 3. The molecule has 4 amide bonds. The Morgan fingerprint density at radius 2 is 1.74 bits per heavy atom. The van der Waals surface area contributed by atoms with Crippen LogP contribution in [0.25, 0.3) is 0 Å². The van der Waals surface area contributed by atoms with Crippen LogP contribution in [0.1, 0.15) is 24.3 Å². The van der Waals surface area contributed by atoms with Gasteiger partial charge in [0, 0.05) is 35.1 Å². The first kappa shape index (κ1) is 28.6. The standard InChI is InChI=1S/C28H22BrCl2N3O8/c1-32-25(38)27(30)11-18-15(21(28(27,31)26(32)39)17-9-12(29)10-19(42-2)22(17)35)7-8-16-20(18)24(37)33(23(16)36)13-3-5-14(6-4-13)34(40)41/h3-7,9-10,16,18,20-21,35H,8,11H2,1-2H3/t16-,18+,20-,21+,27+,28-/m0/s1. The molecule has 1 saturated carbocycles. The van der Waals surface area contributed by atoms with Crippen LogP contribution in [0.15, 0.2) is 52.5 Å². The van der Waals surface area contributed by atoms with Gasteiger partial charge < -0.3 is 9.84 Å². The second-order valence-electron chi connectivity index (χ2n) is 10.8. The molecule has 6 rings (SSSR count). The summed E-state index contributed by atoms with van der Waals surface area (Å²) >= 11 is 17.7. The molecule has 0 radical (unpaired) electrons. The predicted molar refractivity (Wildman–Crippen MR) is 153 cm³/mol. The molecule has 14 heteroatoms. The maximum atomic E-state index is 14.0. The van der Waals surface area contributed by atoms with E-state index >= 15 is 0 Å². The molecular weight excluding hydrogens is 657 g/mol. The molecule has 4 aliphatic rings. The zero-order chi connectivity index (χ0) is 30.5. The summed E-state index contributed by atoms with van der Waals surface area (Å²) in [6.07, 6.45) is 1.65. The van der Waals surface area contributed by atoms with Crippen LogP contribution in [0, 0.1) is 27.9 Å². The van der Waals surface area contributed by atoms with Crippen LogP contribution in [-0.4, -0.2) is 62.5 Å². The maximum Gasteiger partial charge on any atom is 0.269 e. The van der Waals surface area contributed by atoms with E-state index in [0.29, 0.717) is 10.0 Å². The van der Waals surface area contributed by atoms with E-state index in [-0.39, 0.29) is 41.3 Å². The summed E-state index contributed by atoms with van der Waals surface area (Å²) in [5.74, 6) is -6.52. The van der Waals surface area contributed by atoms with Crippen molar-refractivity contribution in [2.75, 3.05) is 19.1 Å². The second-order valence-corrected chi connectivity index (χ2v) is 13.0. The third kappa shape index (κ3) is 3.58. The number of alkyl halides is 2. The molecule has 0 unspecified atom stereocenters. The number of anilines is 1. The van der Waals surface area contributed by atoms with Gasteiger partial charge in [0.2, 0.25) is 11.8 Å². The number of likely N-dealkylation sites (tertiary alicyclic amines) is 1. The van der Waals surface area contributed by atoms with Crippen molar-refractivity contribution in [2.45, 2.75) is 28.5 Å². The average Bonchev–Trinajstić information content (AvgIpc) is 3.29. The van der Waals surface area contributed by atoms with Gasteiger partial charge in [-0.2, -0.15) is 0 Å². The van der Waals surface area contributed by atoms with E-state index < -0.39 is 62.0 Å². The number of carbonyl (C=O) groups excluding carboxylic acids is 4. The Morgan fingerprint density at radius 3 is 2.36 bits per heavy atom. The maximum absolute atomic E-state index is 14.0. The number of phenols is 1. The first-order valence-electron chi connectivity index (χ1n) is 12.9. The van der Waals surface area contributed by atoms with E-state index in [1.807, 2.05) is 0 Å². The number of allylic oxidation sites excluding steroid dienone is 2. The summed E-state index contributed by atoms with van der Waals surface area (Å²) in [7, 11) is 2.63. The van der Waals surface area contributed by atoms with Crippen molar-refractivity contribution in [1.29, 1.82) is 0 Å². The fourth-order valence-corrected chi connectivity index (χ4v) is 8.50. The van der Waals surface area contributed by atoms with Gasteiger partial charge in [0.05, 0.1) is 29.6 Å². The Hall–Kier alpha value is -3.48. The van der Waals surface area contributed by atoms with Crippen LogP contribution in [0.2, 0.25) is 0 Å². The van der Waals surface area contributed by atoms with E-state index in [1.54, 1.807) is 12.1 Å². The molecule has 0 aromatic heterocycles. The van der Waals surface area contributed by atoms with Gasteiger partial charge >= 0.3 is 0 Å². The number of fused-ring (bicyclic) bond motifs is 4. The number of nitro benzene ring substituents is 1. The zero-order valence-corrected chi connectivity index (χ0v) is 25.1. The van der Waals surface area contributed by atoms with Crippen LogP contribution in [0.4, 0.5) is 11.4 Å². The van der Waals surface area contributed by atoms with Crippen molar-refractivity contribution in [1.82, 2.24) is 4.90 Å². The lowest BCUT2D eigenvalue weighted by molar-refractivity contribution is -0.384.